The zero-order valence-corrected chi connectivity index (χ0v) is 13.5. The molecule has 2 aromatic rings. The summed E-state index contributed by atoms with van der Waals surface area (Å²) in [5.41, 5.74) is 1.60. The van der Waals surface area contributed by atoms with Crippen molar-refractivity contribution in [3.63, 3.8) is 0 Å². The van der Waals surface area contributed by atoms with Crippen LogP contribution >= 0.6 is 22.6 Å². The van der Waals surface area contributed by atoms with Gasteiger partial charge in [-0.1, -0.05) is 18.2 Å². The molecular formula is C14H13IO3S. The molecule has 0 saturated heterocycles. The van der Waals surface area contributed by atoms with Crippen LogP contribution in [-0.2, 0) is 10.1 Å². The molecule has 0 spiro atoms. The normalized spacial score (nSPS) is 11.3. The molecule has 100 valence electrons. The van der Waals surface area contributed by atoms with Crippen molar-refractivity contribution in [3.05, 3.63) is 57.2 Å². The lowest BCUT2D eigenvalue weighted by atomic mass is 10.1. The van der Waals surface area contributed by atoms with Gasteiger partial charge in [0.15, 0.2) is 0 Å². The number of rotatable bonds is 3. The van der Waals surface area contributed by atoms with E-state index in [-0.39, 0.29) is 4.90 Å². The van der Waals surface area contributed by atoms with E-state index in [9.17, 15) is 8.42 Å². The lowest BCUT2D eigenvalue weighted by molar-refractivity contribution is 0.482. The first kappa shape index (κ1) is 14.3. The van der Waals surface area contributed by atoms with Gasteiger partial charge in [0.05, 0.1) is 0 Å². The zero-order chi connectivity index (χ0) is 14.0. The Balaban J connectivity index is 2.39. The summed E-state index contributed by atoms with van der Waals surface area (Å²) in [4.78, 5) is 0.163. The van der Waals surface area contributed by atoms with Crippen LogP contribution in [0.25, 0.3) is 0 Å². The van der Waals surface area contributed by atoms with Crippen LogP contribution in [-0.4, -0.2) is 8.42 Å². The minimum Gasteiger partial charge on any atom is -0.378 e. The van der Waals surface area contributed by atoms with Gasteiger partial charge in [-0.2, -0.15) is 8.42 Å². The van der Waals surface area contributed by atoms with Crippen molar-refractivity contribution in [2.24, 2.45) is 0 Å². The first-order valence-corrected chi connectivity index (χ1v) is 8.15. The van der Waals surface area contributed by atoms with Gasteiger partial charge >= 0.3 is 10.1 Å². The molecule has 0 atom stereocenters. The van der Waals surface area contributed by atoms with Crippen LogP contribution in [0, 0.1) is 17.4 Å². The number of hydrogen-bond donors (Lipinski definition) is 0. The second-order valence-electron chi connectivity index (χ2n) is 4.21. The second kappa shape index (κ2) is 5.50. The van der Waals surface area contributed by atoms with E-state index >= 15 is 0 Å². The van der Waals surface area contributed by atoms with Crippen LogP contribution in [0.3, 0.4) is 0 Å². The molecule has 2 rings (SSSR count). The number of benzene rings is 2. The van der Waals surface area contributed by atoms with Crippen LogP contribution in [0.1, 0.15) is 11.1 Å². The van der Waals surface area contributed by atoms with Gasteiger partial charge in [0.1, 0.15) is 10.6 Å². The fourth-order valence-corrected chi connectivity index (χ4v) is 3.10. The van der Waals surface area contributed by atoms with Crippen LogP contribution in [0.15, 0.2) is 47.4 Å². The van der Waals surface area contributed by atoms with Crippen LogP contribution in [0.5, 0.6) is 5.75 Å². The van der Waals surface area contributed by atoms with Gasteiger partial charge in [0.2, 0.25) is 0 Å². The molecule has 0 saturated carbocycles. The predicted octanol–water partition coefficient (Wildman–Crippen LogP) is 3.68. The quantitative estimate of drug-likeness (QED) is 0.595. The van der Waals surface area contributed by atoms with Crippen LogP contribution in [0.4, 0.5) is 0 Å². The fourth-order valence-electron chi connectivity index (χ4n) is 1.69. The summed E-state index contributed by atoms with van der Waals surface area (Å²) >= 11 is 2.12. The zero-order valence-electron chi connectivity index (χ0n) is 10.6. The Kier molecular flexibility index (Phi) is 4.15. The molecule has 0 bridgehead atoms. The van der Waals surface area contributed by atoms with E-state index in [4.69, 9.17) is 4.18 Å². The number of halogens is 1. The smallest absolute Gasteiger partial charge is 0.339 e. The van der Waals surface area contributed by atoms with E-state index in [0.29, 0.717) is 5.75 Å². The van der Waals surface area contributed by atoms with Gasteiger partial charge in [-0.25, -0.2) is 0 Å². The Morgan fingerprint density at radius 1 is 0.947 bits per heavy atom. The van der Waals surface area contributed by atoms with E-state index < -0.39 is 10.1 Å². The van der Waals surface area contributed by atoms with Gasteiger partial charge < -0.3 is 4.18 Å². The van der Waals surface area contributed by atoms with E-state index in [1.807, 2.05) is 32.0 Å². The third kappa shape index (κ3) is 3.27. The summed E-state index contributed by atoms with van der Waals surface area (Å²) in [5, 5.41) is 0. The Morgan fingerprint density at radius 2 is 1.47 bits per heavy atom. The van der Waals surface area contributed by atoms with E-state index in [2.05, 4.69) is 22.6 Å². The summed E-state index contributed by atoms with van der Waals surface area (Å²) < 4.78 is 30.6. The molecule has 0 fully saturated rings. The van der Waals surface area contributed by atoms with Gasteiger partial charge in [0, 0.05) is 3.57 Å². The molecule has 2 aromatic carbocycles. The SMILES string of the molecule is Cc1cccc(C)c1OS(=O)(=O)c1ccc(I)cc1. The largest absolute Gasteiger partial charge is 0.378 e. The number of hydrogen-bond acceptors (Lipinski definition) is 3. The highest BCUT2D eigenvalue weighted by atomic mass is 127. The molecule has 5 heteroatoms. The van der Waals surface area contributed by atoms with Crippen molar-refractivity contribution < 1.29 is 12.6 Å². The Bertz CT molecular complexity index is 671. The van der Waals surface area contributed by atoms with Gasteiger partial charge in [-0.05, 0) is 71.8 Å². The third-order valence-corrected chi connectivity index (χ3v) is 4.66. The number of aryl methyl sites for hydroxylation is 2. The van der Waals surface area contributed by atoms with Crippen molar-refractivity contribution in [1.82, 2.24) is 0 Å². The molecule has 0 heterocycles. The molecule has 0 radical (unpaired) electrons. The molecule has 0 N–H and O–H groups in total. The molecule has 0 unspecified atom stereocenters. The molecule has 0 aliphatic carbocycles. The van der Waals surface area contributed by atoms with Gasteiger partial charge in [0.25, 0.3) is 0 Å². The molecule has 0 aromatic heterocycles. The molecule has 0 amide bonds. The Morgan fingerprint density at radius 3 is 2.00 bits per heavy atom. The summed E-state index contributed by atoms with van der Waals surface area (Å²) in [7, 11) is -3.78. The van der Waals surface area contributed by atoms with Crippen molar-refractivity contribution in [1.29, 1.82) is 0 Å². The number of para-hydroxylation sites is 1. The second-order valence-corrected chi connectivity index (χ2v) is 7.00. The molecular weight excluding hydrogens is 375 g/mol. The highest BCUT2D eigenvalue weighted by Crippen LogP contribution is 2.26. The van der Waals surface area contributed by atoms with E-state index in [1.54, 1.807) is 24.3 Å². The minimum atomic E-state index is -3.78. The fraction of sp³-hybridized carbons (Fsp3) is 0.143. The third-order valence-electron chi connectivity index (χ3n) is 2.70. The maximum absolute atomic E-state index is 12.2. The molecule has 19 heavy (non-hydrogen) atoms. The highest BCUT2D eigenvalue weighted by Gasteiger charge is 2.18. The van der Waals surface area contributed by atoms with Gasteiger partial charge in [-0.15, -0.1) is 0 Å². The molecule has 3 nitrogen and oxygen atoms in total. The van der Waals surface area contributed by atoms with E-state index in [1.165, 1.54) is 0 Å². The Hall–Kier alpha value is -1.08. The average molecular weight is 388 g/mol. The lowest BCUT2D eigenvalue weighted by Gasteiger charge is -2.11. The van der Waals surface area contributed by atoms with Gasteiger partial charge in [-0.3, -0.25) is 0 Å². The average Bonchev–Trinajstić information content (AvgIpc) is 2.35. The maximum Gasteiger partial charge on any atom is 0.339 e. The first-order valence-electron chi connectivity index (χ1n) is 5.66. The monoisotopic (exact) mass is 388 g/mol. The predicted molar refractivity (Wildman–Crippen MR) is 82.9 cm³/mol. The van der Waals surface area contributed by atoms with Crippen LogP contribution < -0.4 is 4.18 Å². The summed E-state index contributed by atoms with van der Waals surface area (Å²) in [5.74, 6) is 0.404. The van der Waals surface area contributed by atoms with Crippen molar-refractivity contribution in [2.75, 3.05) is 0 Å². The van der Waals surface area contributed by atoms with Crippen molar-refractivity contribution in [3.8, 4) is 5.75 Å². The molecule has 0 aliphatic rings. The van der Waals surface area contributed by atoms with E-state index in [0.717, 1.165) is 14.7 Å². The summed E-state index contributed by atoms with van der Waals surface area (Å²) in [6.45, 7) is 3.65. The highest BCUT2D eigenvalue weighted by molar-refractivity contribution is 14.1. The maximum atomic E-state index is 12.2. The van der Waals surface area contributed by atoms with Crippen molar-refractivity contribution >= 4 is 32.7 Å². The van der Waals surface area contributed by atoms with Crippen molar-refractivity contribution in [2.45, 2.75) is 18.7 Å². The first-order chi connectivity index (χ1) is 8.90. The topological polar surface area (TPSA) is 43.4 Å². The molecule has 0 aliphatic heterocycles. The van der Waals surface area contributed by atoms with Crippen LogP contribution in [0.2, 0.25) is 0 Å². The summed E-state index contributed by atoms with van der Waals surface area (Å²) in [6.07, 6.45) is 0. The lowest BCUT2D eigenvalue weighted by Crippen LogP contribution is -2.11. The minimum absolute atomic E-state index is 0.163. The summed E-state index contributed by atoms with van der Waals surface area (Å²) in [6, 6.07) is 12.1. The standard InChI is InChI=1S/C14H13IO3S/c1-10-4-3-5-11(2)14(10)18-19(16,17)13-8-6-12(15)7-9-13/h3-9H,1-2H3. The Labute approximate surface area is 126 Å².